The second-order valence-electron chi connectivity index (χ2n) is 3.59. The van der Waals surface area contributed by atoms with E-state index in [0.717, 1.165) is 12.8 Å². The summed E-state index contributed by atoms with van der Waals surface area (Å²) in [4.78, 5) is 11.2. The minimum Gasteiger partial charge on any atom is -0.353 e. The third-order valence-electron chi connectivity index (χ3n) is 2.00. The van der Waals surface area contributed by atoms with Gasteiger partial charge in [-0.05, 0) is 31.4 Å². The molecule has 1 rings (SSSR count). The molecule has 0 aromatic rings. The lowest BCUT2D eigenvalue weighted by Crippen LogP contribution is -2.26. The van der Waals surface area contributed by atoms with E-state index in [2.05, 4.69) is 5.32 Å². The summed E-state index contributed by atoms with van der Waals surface area (Å²) < 4.78 is 0. The molecule has 0 aromatic heterocycles. The van der Waals surface area contributed by atoms with Crippen LogP contribution in [0.5, 0.6) is 0 Å². The lowest BCUT2D eigenvalue weighted by Gasteiger charge is -2.07. The smallest absolute Gasteiger partial charge is 0.220 e. The van der Waals surface area contributed by atoms with Crippen molar-refractivity contribution in [2.45, 2.75) is 38.6 Å². The Morgan fingerprint density at radius 3 is 2.77 bits per heavy atom. The van der Waals surface area contributed by atoms with Crippen LogP contribution >= 0.6 is 12.4 Å². The molecule has 2 N–H and O–H groups in total. The van der Waals surface area contributed by atoms with Gasteiger partial charge in [-0.1, -0.05) is 6.92 Å². The Labute approximate surface area is 85.2 Å². The van der Waals surface area contributed by atoms with Crippen molar-refractivity contribution in [1.82, 2.24) is 5.32 Å². The first-order valence-corrected chi connectivity index (χ1v) is 4.50. The molecule has 1 aliphatic carbocycles. The Bertz CT molecular complexity index is 180. The van der Waals surface area contributed by atoms with E-state index in [1.54, 1.807) is 0 Å². The van der Waals surface area contributed by atoms with Crippen molar-refractivity contribution in [3.8, 4) is 0 Å². The van der Waals surface area contributed by atoms with Crippen molar-refractivity contribution in [3.05, 3.63) is 0 Å². The number of nitrogens with one attached hydrogen (secondary N) is 2. The fourth-order valence-electron chi connectivity index (χ4n) is 1.12. The van der Waals surface area contributed by atoms with Gasteiger partial charge in [0.25, 0.3) is 0 Å². The Morgan fingerprint density at radius 2 is 2.31 bits per heavy atom. The molecular formula is C9H17ClN2O. The van der Waals surface area contributed by atoms with Gasteiger partial charge in [0.1, 0.15) is 0 Å². The van der Waals surface area contributed by atoms with Crippen LogP contribution in [0.3, 0.4) is 0 Å². The summed E-state index contributed by atoms with van der Waals surface area (Å²) >= 11 is 0. The quantitative estimate of drug-likeness (QED) is 0.659. The maximum absolute atomic E-state index is 11.2. The van der Waals surface area contributed by atoms with Crippen LogP contribution in [0.4, 0.5) is 0 Å². The highest BCUT2D eigenvalue weighted by Gasteiger charge is 2.23. The van der Waals surface area contributed by atoms with Gasteiger partial charge in [0.15, 0.2) is 0 Å². The monoisotopic (exact) mass is 204 g/mol. The van der Waals surface area contributed by atoms with E-state index < -0.39 is 0 Å². The molecule has 3 nitrogen and oxygen atoms in total. The average Bonchev–Trinajstić information content (AvgIpc) is 2.71. The molecule has 76 valence electrons. The van der Waals surface area contributed by atoms with E-state index in [1.807, 2.05) is 6.92 Å². The maximum Gasteiger partial charge on any atom is 0.220 e. The number of carbonyl (C=O) groups is 1. The zero-order valence-electron chi connectivity index (χ0n) is 7.88. The van der Waals surface area contributed by atoms with Crippen molar-refractivity contribution in [3.63, 3.8) is 0 Å². The molecule has 1 atom stereocenters. The second-order valence-corrected chi connectivity index (χ2v) is 3.59. The van der Waals surface area contributed by atoms with Gasteiger partial charge in [-0.3, -0.25) is 4.79 Å². The molecule has 0 bridgehead atoms. The Morgan fingerprint density at radius 1 is 1.69 bits per heavy atom. The van der Waals surface area contributed by atoms with Gasteiger partial charge in [-0.15, -0.1) is 12.4 Å². The largest absolute Gasteiger partial charge is 0.353 e. The first-order chi connectivity index (χ1) is 5.72. The van der Waals surface area contributed by atoms with Crippen LogP contribution in [0.25, 0.3) is 0 Å². The molecule has 1 amide bonds. The summed E-state index contributed by atoms with van der Waals surface area (Å²) in [6, 6.07) is 0.463. The molecular weight excluding hydrogens is 188 g/mol. The first kappa shape index (κ1) is 12.4. The molecule has 13 heavy (non-hydrogen) atoms. The van der Waals surface area contributed by atoms with Crippen LogP contribution in [0.2, 0.25) is 0 Å². The first-order valence-electron chi connectivity index (χ1n) is 4.50. The minimum atomic E-state index is 0. The summed E-state index contributed by atoms with van der Waals surface area (Å²) in [5.41, 5.74) is 0. The summed E-state index contributed by atoms with van der Waals surface area (Å²) in [5.74, 6) is 0.452. The zero-order chi connectivity index (χ0) is 8.97. The average molecular weight is 205 g/mol. The molecule has 4 heteroatoms. The Balaban J connectivity index is 0.00000144. The predicted octanol–water partition coefficient (Wildman–Crippen LogP) is 1.75. The van der Waals surface area contributed by atoms with Gasteiger partial charge in [0.05, 0.1) is 0 Å². The van der Waals surface area contributed by atoms with E-state index in [1.165, 1.54) is 6.21 Å². The maximum atomic E-state index is 11.2. The molecule has 1 fully saturated rings. The minimum absolute atomic E-state index is 0. The van der Waals surface area contributed by atoms with Crippen LogP contribution in [0.1, 0.15) is 32.6 Å². The lowest BCUT2D eigenvalue weighted by molar-refractivity contribution is -0.121. The zero-order valence-corrected chi connectivity index (χ0v) is 8.69. The van der Waals surface area contributed by atoms with Gasteiger partial charge in [-0.2, -0.15) is 0 Å². The third-order valence-corrected chi connectivity index (χ3v) is 2.00. The summed E-state index contributed by atoms with van der Waals surface area (Å²) in [5, 5.41) is 9.80. The highest BCUT2D eigenvalue weighted by Crippen LogP contribution is 2.19. The van der Waals surface area contributed by atoms with Crippen LogP contribution in [-0.4, -0.2) is 18.2 Å². The Hall–Kier alpha value is -0.570. The standard InChI is InChI=1S/C9H16N2O.ClH/c1-7(4-5-10)6-9(12)11-8-2-3-8;/h5,7-8,10H,2-4,6H2,1H3,(H,11,12);1H/t7-;/m1./s1. The van der Waals surface area contributed by atoms with Gasteiger partial charge in [-0.25, -0.2) is 0 Å². The molecule has 0 unspecified atom stereocenters. The van der Waals surface area contributed by atoms with E-state index in [0.29, 0.717) is 24.8 Å². The topological polar surface area (TPSA) is 53.0 Å². The summed E-state index contributed by atoms with van der Waals surface area (Å²) in [6.45, 7) is 2.00. The molecule has 1 saturated carbocycles. The molecule has 0 aliphatic heterocycles. The molecule has 0 aromatic carbocycles. The van der Waals surface area contributed by atoms with Crippen molar-refractivity contribution < 1.29 is 4.79 Å². The van der Waals surface area contributed by atoms with Crippen LogP contribution < -0.4 is 5.32 Å². The second kappa shape index (κ2) is 5.97. The van der Waals surface area contributed by atoms with Gasteiger partial charge in [0, 0.05) is 12.5 Å². The normalized spacial score (nSPS) is 17.0. The molecule has 0 heterocycles. The number of amides is 1. The highest BCUT2D eigenvalue weighted by atomic mass is 35.5. The van der Waals surface area contributed by atoms with E-state index >= 15 is 0 Å². The summed E-state index contributed by atoms with van der Waals surface area (Å²) in [6.07, 6.45) is 4.93. The van der Waals surface area contributed by atoms with Crippen molar-refractivity contribution >= 4 is 24.5 Å². The Kier molecular flexibility index (Phi) is 5.71. The molecule has 0 radical (unpaired) electrons. The number of carbonyl (C=O) groups excluding carboxylic acids is 1. The molecule has 1 aliphatic rings. The van der Waals surface area contributed by atoms with Gasteiger partial charge < -0.3 is 10.7 Å². The van der Waals surface area contributed by atoms with E-state index in [9.17, 15) is 4.79 Å². The lowest BCUT2D eigenvalue weighted by atomic mass is 10.0. The number of hydrogen-bond donors (Lipinski definition) is 2. The van der Waals surface area contributed by atoms with Crippen LogP contribution in [-0.2, 0) is 4.79 Å². The number of hydrogen-bond acceptors (Lipinski definition) is 2. The van der Waals surface area contributed by atoms with Crippen LogP contribution in [0, 0.1) is 11.3 Å². The van der Waals surface area contributed by atoms with Crippen LogP contribution in [0.15, 0.2) is 0 Å². The molecule has 0 spiro atoms. The van der Waals surface area contributed by atoms with Crippen molar-refractivity contribution in [2.75, 3.05) is 0 Å². The predicted molar refractivity (Wildman–Crippen MR) is 55.6 cm³/mol. The number of halogens is 1. The highest BCUT2D eigenvalue weighted by molar-refractivity contribution is 5.85. The number of rotatable bonds is 5. The van der Waals surface area contributed by atoms with Crippen molar-refractivity contribution in [1.29, 1.82) is 5.41 Å². The molecule has 0 saturated heterocycles. The van der Waals surface area contributed by atoms with E-state index in [-0.39, 0.29) is 18.3 Å². The van der Waals surface area contributed by atoms with E-state index in [4.69, 9.17) is 5.41 Å². The fourth-order valence-corrected chi connectivity index (χ4v) is 1.12. The fraction of sp³-hybridized carbons (Fsp3) is 0.778. The SMILES string of the molecule is C[C@H](CC=N)CC(=O)NC1CC1.Cl. The summed E-state index contributed by atoms with van der Waals surface area (Å²) in [7, 11) is 0. The van der Waals surface area contributed by atoms with Gasteiger partial charge >= 0.3 is 0 Å². The third kappa shape index (κ3) is 5.64. The van der Waals surface area contributed by atoms with Gasteiger partial charge in [0.2, 0.25) is 5.91 Å². The van der Waals surface area contributed by atoms with Crippen molar-refractivity contribution in [2.24, 2.45) is 5.92 Å².